The molecule has 0 radical (unpaired) electrons. The first-order valence-electron chi connectivity index (χ1n) is 9.61. The molecular weight excluding hydrogens is 408 g/mol. The Morgan fingerprint density at radius 1 is 1.41 bits per heavy atom. The molecule has 0 saturated carbocycles. The van der Waals surface area contributed by atoms with E-state index in [-0.39, 0.29) is 17.6 Å². The Kier molecular flexibility index (Phi) is 5.71. The predicted octanol–water partition coefficient (Wildman–Crippen LogP) is 2.81. The second-order valence-corrected chi connectivity index (χ2v) is 8.73. The number of carbonyl (C=O) groups is 1. The third-order valence-electron chi connectivity index (χ3n) is 4.99. The number of fused-ring (bicyclic) bond motifs is 1. The highest BCUT2D eigenvalue weighted by Crippen LogP contribution is 2.32. The Morgan fingerprint density at radius 2 is 2.24 bits per heavy atom. The van der Waals surface area contributed by atoms with Gasteiger partial charge in [-0.3, -0.25) is 18.9 Å². The summed E-state index contributed by atoms with van der Waals surface area (Å²) < 4.78 is 7.69. The van der Waals surface area contributed by atoms with E-state index in [1.54, 1.807) is 12.3 Å². The summed E-state index contributed by atoms with van der Waals surface area (Å²) in [5, 5.41) is 3.27. The summed E-state index contributed by atoms with van der Waals surface area (Å²) in [4.78, 5) is 32.5. The highest BCUT2D eigenvalue weighted by atomic mass is 32.2. The van der Waals surface area contributed by atoms with Crippen LogP contribution in [0.5, 0.6) is 0 Å². The molecule has 152 valence electrons. The van der Waals surface area contributed by atoms with Crippen molar-refractivity contribution in [2.24, 2.45) is 0 Å². The van der Waals surface area contributed by atoms with Crippen LogP contribution < -0.4 is 10.9 Å². The summed E-state index contributed by atoms with van der Waals surface area (Å²) in [6.45, 7) is 5.61. The number of hydrogen-bond donors (Lipinski definition) is 1. The second-order valence-electron chi connectivity index (χ2n) is 7.06. The largest absolute Gasteiger partial charge is 0.376 e. The molecule has 4 rings (SSSR count). The minimum Gasteiger partial charge on any atom is -0.376 e. The van der Waals surface area contributed by atoms with E-state index >= 15 is 0 Å². The van der Waals surface area contributed by atoms with Gasteiger partial charge in [-0.05, 0) is 44.4 Å². The van der Waals surface area contributed by atoms with Gasteiger partial charge in [-0.1, -0.05) is 30.0 Å². The smallest absolute Gasteiger partial charge is 0.267 e. The Morgan fingerprint density at radius 3 is 2.93 bits per heavy atom. The van der Waals surface area contributed by atoms with Gasteiger partial charge in [0, 0.05) is 25.9 Å². The fourth-order valence-electron chi connectivity index (χ4n) is 3.44. The number of ether oxygens (including phenoxy) is 1. The first kappa shape index (κ1) is 20.1. The molecule has 2 aliphatic heterocycles. The summed E-state index contributed by atoms with van der Waals surface area (Å²) in [7, 11) is 0. The van der Waals surface area contributed by atoms with Crippen LogP contribution in [0.2, 0.25) is 0 Å². The maximum Gasteiger partial charge on any atom is 0.267 e. The van der Waals surface area contributed by atoms with Crippen molar-refractivity contribution < 1.29 is 9.53 Å². The van der Waals surface area contributed by atoms with Crippen LogP contribution in [-0.4, -0.2) is 50.3 Å². The number of nitrogens with zero attached hydrogens (tertiary/aromatic N) is 3. The Hall–Kier alpha value is -2.23. The molecule has 1 amide bonds. The SMILES string of the molecule is CCN1C(=O)/C(=C\c2c(NCC3CCCO3)nc3ccc(C)cn3c2=O)SC1=S. The zero-order valence-corrected chi connectivity index (χ0v) is 17.9. The lowest BCUT2D eigenvalue weighted by Gasteiger charge is -2.14. The highest BCUT2D eigenvalue weighted by Gasteiger charge is 2.31. The van der Waals surface area contributed by atoms with Gasteiger partial charge in [0.2, 0.25) is 0 Å². The molecule has 2 aromatic heterocycles. The van der Waals surface area contributed by atoms with Gasteiger partial charge in [-0.25, -0.2) is 4.98 Å². The number of likely N-dealkylation sites (N-methyl/N-ethyl adjacent to an activating group) is 1. The van der Waals surface area contributed by atoms with Crippen LogP contribution in [0.1, 0.15) is 30.9 Å². The molecule has 4 heterocycles. The van der Waals surface area contributed by atoms with Gasteiger partial charge < -0.3 is 10.1 Å². The molecule has 2 aliphatic rings. The molecule has 0 spiro atoms. The van der Waals surface area contributed by atoms with Crippen molar-refractivity contribution in [2.45, 2.75) is 32.8 Å². The van der Waals surface area contributed by atoms with Gasteiger partial charge in [0.15, 0.2) is 0 Å². The van der Waals surface area contributed by atoms with Crippen molar-refractivity contribution >= 4 is 51.7 Å². The number of aromatic nitrogens is 2. The lowest BCUT2D eigenvalue weighted by atomic mass is 10.2. The maximum absolute atomic E-state index is 13.3. The van der Waals surface area contributed by atoms with Crippen molar-refractivity contribution in [3.63, 3.8) is 0 Å². The molecule has 2 aromatic rings. The van der Waals surface area contributed by atoms with E-state index in [2.05, 4.69) is 10.3 Å². The number of carbonyl (C=O) groups excluding carboxylic acids is 1. The minimum absolute atomic E-state index is 0.0967. The van der Waals surface area contributed by atoms with Gasteiger partial charge in [-0.15, -0.1) is 0 Å². The Bertz CT molecular complexity index is 1070. The molecule has 9 heteroatoms. The number of aryl methyl sites for hydroxylation is 1. The maximum atomic E-state index is 13.3. The lowest BCUT2D eigenvalue weighted by molar-refractivity contribution is -0.121. The number of rotatable bonds is 5. The van der Waals surface area contributed by atoms with E-state index in [9.17, 15) is 9.59 Å². The predicted molar refractivity (Wildman–Crippen MR) is 119 cm³/mol. The van der Waals surface area contributed by atoms with Gasteiger partial charge in [0.05, 0.1) is 16.6 Å². The average Bonchev–Trinajstić information content (AvgIpc) is 3.31. The van der Waals surface area contributed by atoms with E-state index in [0.717, 1.165) is 25.0 Å². The van der Waals surface area contributed by atoms with Crippen LogP contribution >= 0.6 is 24.0 Å². The molecule has 2 fully saturated rings. The molecular formula is C20H22N4O3S2. The van der Waals surface area contributed by atoms with E-state index in [4.69, 9.17) is 17.0 Å². The molecule has 2 saturated heterocycles. The third-order valence-corrected chi connectivity index (χ3v) is 6.37. The molecule has 1 atom stereocenters. The van der Waals surface area contributed by atoms with Crippen LogP contribution in [0.25, 0.3) is 11.7 Å². The second kappa shape index (κ2) is 8.25. The number of anilines is 1. The van der Waals surface area contributed by atoms with Crippen LogP contribution in [0, 0.1) is 6.92 Å². The number of thiocarbonyl (C=S) groups is 1. The zero-order chi connectivity index (χ0) is 20.5. The highest BCUT2D eigenvalue weighted by molar-refractivity contribution is 8.26. The molecule has 0 aliphatic carbocycles. The minimum atomic E-state index is -0.227. The number of thioether (sulfide) groups is 1. The van der Waals surface area contributed by atoms with Crippen LogP contribution in [-0.2, 0) is 9.53 Å². The third kappa shape index (κ3) is 3.94. The number of nitrogens with one attached hydrogen (secondary N) is 1. The summed E-state index contributed by atoms with van der Waals surface area (Å²) in [6, 6.07) is 3.73. The molecule has 1 unspecified atom stereocenters. The normalized spacial score (nSPS) is 21.0. The van der Waals surface area contributed by atoms with Crippen molar-refractivity contribution in [1.29, 1.82) is 0 Å². The van der Waals surface area contributed by atoms with E-state index < -0.39 is 0 Å². The van der Waals surface area contributed by atoms with Gasteiger partial charge >= 0.3 is 0 Å². The van der Waals surface area contributed by atoms with Gasteiger partial charge in [0.1, 0.15) is 15.8 Å². The van der Waals surface area contributed by atoms with E-state index in [1.807, 2.05) is 26.0 Å². The average molecular weight is 431 g/mol. The Labute approximate surface area is 178 Å². The van der Waals surface area contributed by atoms with Gasteiger partial charge in [-0.2, -0.15) is 0 Å². The molecule has 7 nitrogen and oxygen atoms in total. The van der Waals surface area contributed by atoms with Crippen molar-refractivity contribution in [3.8, 4) is 0 Å². The number of hydrogen-bond acceptors (Lipinski definition) is 7. The van der Waals surface area contributed by atoms with Crippen molar-refractivity contribution in [3.05, 3.63) is 44.7 Å². The first-order valence-corrected chi connectivity index (χ1v) is 10.8. The molecule has 1 N–H and O–H groups in total. The Balaban J connectivity index is 1.79. The fraction of sp³-hybridized carbons (Fsp3) is 0.400. The van der Waals surface area contributed by atoms with Crippen molar-refractivity contribution in [1.82, 2.24) is 14.3 Å². The summed E-state index contributed by atoms with van der Waals surface area (Å²) in [5.41, 5.74) is 1.62. The number of pyridine rings is 1. The van der Waals surface area contributed by atoms with E-state index in [1.165, 1.54) is 21.1 Å². The molecule has 0 bridgehead atoms. The standard InChI is InChI=1S/C20H22N4O3S2/c1-3-23-19(26)15(29-20(23)28)9-14-17(21-10-13-5-4-8-27-13)22-16-7-6-12(2)11-24(16)18(14)25/h6-7,9,11,13,21H,3-5,8,10H2,1-2H3/b15-9+. The lowest BCUT2D eigenvalue weighted by Crippen LogP contribution is -2.27. The summed E-state index contributed by atoms with van der Waals surface area (Å²) in [5.74, 6) is 0.275. The topological polar surface area (TPSA) is 75.9 Å². The number of amides is 1. The van der Waals surface area contributed by atoms with Gasteiger partial charge in [0.25, 0.3) is 11.5 Å². The van der Waals surface area contributed by atoms with E-state index in [0.29, 0.717) is 39.3 Å². The summed E-state index contributed by atoms with van der Waals surface area (Å²) >= 11 is 6.50. The van der Waals surface area contributed by atoms with Crippen molar-refractivity contribution in [2.75, 3.05) is 25.0 Å². The molecule has 29 heavy (non-hydrogen) atoms. The van der Waals surface area contributed by atoms with Crippen LogP contribution in [0.15, 0.2) is 28.0 Å². The quantitative estimate of drug-likeness (QED) is 0.577. The molecule has 0 aromatic carbocycles. The first-order chi connectivity index (χ1) is 14.0. The van der Waals surface area contributed by atoms with Crippen LogP contribution in [0.4, 0.5) is 5.82 Å². The summed E-state index contributed by atoms with van der Waals surface area (Å²) in [6.07, 6.45) is 5.47. The van der Waals surface area contributed by atoms with Crippen LogP contribution in [0.3, 0.4) is 0 Å². The fourth-order valence-corrected chi connectivity index (χ4v) is 4.81. The monoisotopic (exact) mass is 430 g/mol. The zero-order valence-electron chi connectivity index (χ0n) is 16.3.